The highest BCUT2D eigenvalue weighted by Gasteiger charge is 2.15. The molecule has 2 heterocycles. The first-order valence-electron chi connectivity index (χ1n) is 7.65. The van der Waals surface area contributed by atoms with Crippen LogP contribution in [-0.2, 0) is 14.3 Å². The van der Waals surface area contributed by atoms with Crippen LogP contribution in [-0.4, -0.2) is 50.8 Å². The van der Waals surface area contributed by atoms with Crippen LogP contribution in [0.3, 0.4) is 0 Å². The largest absolute Gasteiger partial charge is 0.379 e. The smallest absolute Gasteiger partial charge is 0.261 e. The molecule has 2 N–H and O–H groups in total. The Morgan fingerprint density at radius 3 is 2.96 bits per heavy atom. The summed E-state index contributed by atoms with van der Waals surface area (Å²) in [6, 6.07) is 3.52. The van der Waals surface area contributed by atoms with E-state index in [4.69, 9.17) is 9.47 Å². The van der Waals surface area contributed by atoms with E-state index in [1.807, 2.05) is 0 Å². The molecule has 0 aromatic carbocycles. The first kappa shape index (κ1) is 18.4. The van der Waals surface area contributed by atoms with Gasteiger partial charge in [-0.3, -0.25) is 9.59 Å². The van der Waals surface area contributed by atoms with E-state index in [0.717, 1.165) is 29.7 Å². The van der Waals surface area contributed by atoms with E-state index in [2.05, 4.69) is 26.6 Å². The number of carbonyl (C=O) groups is 2. The molecule has 1 fully saturated rings. The Balaban J connectivity index is 1.47. The van der Waals surface area contributed by atoms with Gasteiger partial charge in [-0.2, -0.15) is 0 Å². The molecule has 128 valence electrons. The van der Waals surface area contributed by atoms with Crippen LogP contribution < -0.4 is 10.6 Å². The first-order valence-corrected chi connectivity index (χ1v) is 9.25. The number of amides is 2. The average Bonchev–Trinajstić information content (AvgIpc) is 3.20. The fourth-order valence-electron chi connectivity index (χ4n) is 2.14. The molecule has 1 atom stereocenters. The third-order valence-electron chi connectivity index (χ3n) is 3.32. The van der Waals surface area contributed by atoms with Crippen LogP contribution in [0.1, 0.15) is 28.9 Å². The van der Waals surface area contributed by atoms with Crippen molar-refractivity contribution in [1.82, 2.24) is 10.6 Å². The van der Waals surface area contributed by atoms with Crippen LogP contribution in [0.2, 0.25) is 0 Å². The second kappa shape index (κ2) is 10.0. The molecule has 1 aromatic heterocycles. The van der Waals surface area contributed by atoms with Gasteiger partial charge in [-0.1, -0.05) is 0 Å². The SMILES string of the molecule is O=C(CNC(=O)c1ccc(Br)s1)NCCCOCC1CCCO1. The maximum atomic E-state index is 11.8. The molecule has 1 saturated heterocycles. The van der Waals surface area contributed by atoms with Gasteiger partial charge < -0.3 is 20.1 Å². The minimum absolute atomic E-state index is 0.0227. The Labute approximate surface area is 148 Å². The zero-order valence-electron chi connectivity index (χ0n) is 12.8. The summed E-state index contributed by atoms with van der Waals surface area (Å²) >= 11 is 4.63. The predicted molar refractivity (Wildman–Crippen MR) is 91.8 cm³/mol. The third-order valence-corrected chi connectivity index (χ3v) is 4.94. The summed E-state index contributed by atoms with van der Waals surface area (Å²) in [5, 5.41) is 5.34. The predicted octanol–water partition coefficient (Wildman–Crippen LogP) is 1.94. The number of halogens is 1. The Kier molecular flexibility index (Phi) is 8.01. The van der Waals surface area contributed by atoms with E-state index in [9.17, 15) is 9.59 Å². The van der Waals surface area contributed by atoms with Crippen molar-refractivity contribution in [2.75, 3.05) is 32.9 Å². The van der Waals surface area contributed by atoms with Gasteiger partial charge in [-0.05, 0) is 47.3 Å². The van der Waals surface area contributed by atoms with Crippen molar-refractivity contribution in [2.45, 2.75) is 25.4 Å². The molecule has 8 heteroatoms. The topological polar surface area (TPSA) is 76.7 Å². The molecule has 1 unspecified atom stereocenters. The number of hydrogen-bond acceptors (Lipinski definition) is 5. The van der Waals surface area contributed by atoms with E-state index in [0.29, 0.717) is 24.6 Å². The lowest BCUT2D eigenvalue weighted by Crippen LogP contribution is -2.37. The van der Waals surface area contributed by atoms with Crippen LogP contribution >= 0.6 is 27.3 Å². The molecule has 1 aliphatic heterocycles. The molecule has 1 aromatic rings. The second-order valence-corrected chi connectivity index (χ2v) is 7.66. The van der Waals surface area contributed by atoms with Crippen LogP contribution in [0, 0.1) is 0 Å². The standard InChI is InChI=1S/C15H21BrN2O4S/c16-13-5-4-12(23-13)15(20)18-9-14(19)17-6-2-7-21-10-11-3-1-8-22-11/h4-5,11H,1-3,6-10H2,(H,17,19)(H,18,20). The molecule has 0 radical (unpaired) electrons. The van der Waals surface area contributed by atoms with Gasteiger partial charge in [0.1, 0.15) is 0 Å². The zero-order valence-corrected chi connectivity index (χ0v) is 15.2. The van der Waals surface area contributed by atoms with Gasteiger partial charge in [0.25, 0.3) is 5.91 Å². The number of nitrogens with one attached hydrogen (secondary N) is 2. The van der Waals surface area contributed by atoms with E-state index < -0.39 is 0 Å². The summed E-state index contributed by atoms with van der Waals surface area (Å²) in [6.45, 7) is 2.56. The van der Waals surface area contributed by atoms with Gasteiger partial charge in [0.05, 0.1) is 27.9 Å². The van der Waals surface area contributed by atoms with E-state index in [1.54, 1.807) is 12.1 Å². The highest BCUT2D eigenvalue weighted by molar-refractivity contribution is 9.11. The van der Waals surface area contributed by atoms with Crippen molar-refractivity contribution in [2.24, 2.45) is 0 Å². The monoisotopic (exact) mass is 404 g/mol. The minimum Gasteiger partial charge on any atom is -0.379 e. The number of thiophene rings is 1. The Bertz CT molecular complexity index is 517. The number of carbonyl (C=O) groups excluding carboxylic acids is 2. The highest BCUT2D eigenvalue weighted by Crippen LogP contribution is 2.21. The normalized spacial score (nSPS) is 17.2. The Morgan fingerprint density at radius 1 is 1.39 bits per heavy atom. The molecular formula is C15H21BrN2O4S. The van der Waals surface area contributed by atoms with Crippen molar-refractivity contribution in [3.63, 3.8) is 0 Å². The minimum atomic E-state index is -0.240. The van der Waals surface area contributed by atoms with Gasteiger partial charge in [-0.15, -0.1) is 11.3 Å². The van der Waals surface area contributed by atoms with Crippen molar-refractivity contribution >= 4 is 39.1 Å². The number of hydrogen-bond donors (Lipinski definition) is 2. The van der Waals surface area contributed by atoms with Crippen LogP contribution in [0.4, 0.5) is 0 Å². The van der Waals surface area contributed by atoms with Gasteiger partial charge in [0.15, 0.2) is 0 Å². The highest BCUT2D eigenvalue weighted by atomic mass is 79.9. The molecule has 6 nitrogen and oxygen atoms in total. The molecule has 0 aliphatic carbocycles. The summed E-state index contributed by atoms with van der Waals surface area (Å²) in [7, 11) is 0. The maximum absolute atomic E-state index is 11.8. The molecule has 0 bridgehead atoms. The lowest BCUT2D eigenvalue weighted by Gasteiger charge is -2.10. The molecule has 2 amide bonds. The number of rotatable bonds is 9. The third kappa shape index (κ3) is 6.99. The summed E-state index contributed by atoms with van der Waals surface area (Å²) < 4.78 is 11.8. The Hall–Kier alpha value is -0.960. The lowest BCUT2D eigenvalue weighted by molar-refractivity contribution is -0.120. The molecule has 2 rings (SSSR count). The lowest BCUT2D eigenvalue weighted by atomic mass is 10.2. The summed E-state index contributed by atoms with van der Waals surface area (Å²) in [5.41, 5.74) is 0. The molecule has 0 spiro atoms. The fraction of sp³-hybridized carbons (Fsp3) is 0.600. The first-order chi connectivity index (χ1) is 11.1. The van der Waals surface area contributed by atoms with E-state index >= 15 is 0 Å². The van der Waals surface area contributed by atoms with E-state index in [1.165, 1.54) is 11.3 Å². The summed E-state index contributed by atoms with van der Waals surface area (Å²) in [4.78, 5) is 24.0. The van der Waals surface area contributed by atoms with Crippen molar-refractivity contribution in [1.29, 1.82) is 0 Å². The van der Waals surface area contributed by atoms with Gasteiger partial charge >= 0.3 is 0 Å². The van der Waals surface area contributed by atoms with E-state index in [-0.39, 0.29) is 24.5 Å². The zero-order chi connectivity index (χ0) is 16.5. The van der Waals surface area contributed by atoms with Gasteiger partial charge in [-0.25, -0.2) is 0 Å². The molecule has 23 heavy (non-hydrogen) atoms. The van der Waals surface area contributed by atoms with Crippen molar-refractivity contribution in [3.05, 3.63) is 20.8 Å². The summed E-state index contributed by atoms with van der Waals surface area (Å²) in [6.07, 6.45) is 3.15. The van der Waals surface area contributed by atoms with Crippen molar-refractivity contribution < 1.29 is 19.1 Å². The molecule has 0 saturated carbocycles. The summed E-state index contributed by atoms with van der Waals surface area (Å²) in [5.74, 6) is -0.441. The van der Waals surface area contributed by atoms with Gasteiger partial charge in [0.2, 0.25) is 5.91 Å². The van der Waals surface area contributed by atoms with Crippen LogP contribution in [0.5, 0.6) is 0 Å². The van der Waals surface area contributed by atoms with Gasteiger partial charge in [0, 0.05) is 19.8 Å². The van der Waals surface area contributed by atoms with Crippen LogP contribution in [0.15, 0.2) is 15.9 Å². The van der Waals surface area contributed by atoms with Crippen molar-refractivity contribution in [3.8, 4) is 0 Å². The maximum Gasteiger partial charge on any atom is 0.261 e. The number of ether oxygens (including phenoxy) is 2. The fourth-order valence-corrected chi connectivity index (χ4v) is 3.44. The molecule has 1 aliphatic rings. The Morgan fingerprint density at radius 2 is 2.26 bits per heavy atom. The molecular weight excluding hydrogens is 384 g/mol. The second-order valence-electron chi connectivity index (χ2n) is 5.20. The average molecular weight is 405 g/mol. The quantitative estimate of drug-likeness (QED) is 0.616. The van der Waals surface area contributed by atoms with Crippen LogP contribution in [0.25, 0.3) is 0 Å².